The zero-order valence-corrected chi connectivity index (χ0v) is 16.6. The van der Waals surface area contributed by atoms with Crippen LogP contribution in [-0.2, 0) is 6.61 Å². The van der Waals surface area contributed by atoms with Crippen LogP contribution in [0.4, 0.5) is 0 Å². The Morgan fingerprint density at radius 2 is 1.68 bits per heavy atom. The first-order valence-electron chi connectivity index (χ1n) is 8.72. The molecule has 28 heavy (non-hydrogen) atoms. The van der Waals surface area contributed by atoms with E-state index < -0.39 is 0 Å². The van der Waals surface area contributed by atoms with Gasteiger partial charge >= 0.3 is 0 Å². The Kier molecular flexibility index (Phi) is 5.12. The normalized spacial score (nSPS) is 11.0. The van der Waals surface area contributed by atoms with Crippen molar-refractivity contribution in [1.82, 2.24) is 0 Å². The van der Waals surface area contributed by atoms with Gasteiger partial charge in [-0.15, -0.1) is 0 Å². The highest BCUT2D eigenvalue weighted by atomic mass is 35.5. The maximum absolute atomic E-state index is 13.2. The summed E-state index contributed by atoms with van der Waals surface area (Å²) in [5.41, 5.74) is 2.69. The molecule has 0 amide bonds. The van der Waals surface area contributed by atoms with Gasteiger partial charge in [-0.1, -0.05) is 53.5 Å². The molecule has 0 unspecified atom stereocenters. The lowest BCUT2D eigenvalue weighted by atomic mass is 10.1. The fourth-order valence-corrected chi connectivity index (χ4v) is 3.24. The molecule has 0 bridgehead atoms. The second-order valence-corrected chi connectivity index (χ2v) is 7.31. The number of rotatable bonds is 4. The van der Waals surface area contributed by atoms with Crippen molar-refractivity contribution in [1.29, 1.82) is 0 Å². The van der Waals surface area contributed by atoms with E-state index >= 15 is 0 Å². The largest absolute Gasteiger partial charge is 0.481 e. The minimum atomic E-state index is -0.260. The molecule has 0 saturated carbocycles. The Balaban J connectivity index is 1.89. The van der Waals surface area contributed by atoms with Gasteiger partial charge in [-0.2, -0.15) is 0 Å². The van der Waals surface area contributed by atoms with Gasteiger partial charge in [0, 0.05) is 15.6 Å². The van der Waals surface area contributed by atoms with Crippen LogP contribution < -0.4 is 10.2 Å². The van der Waals surface area contributed by atoms with Gasteiger partial charge in [-0.05, 0) is 54.4 Å². The Morgan fingerprint density at radius 1 is 0.964 bits per heavy atom. The first-order chi connectivity index (χ1) is 13.5. The summed E-state index contributed by atoms with van der Waals surface area (Å²) < 4.78 is 12.0. The highest BCUT2D eigenvalue weighted by molar-refractivity contribution is 6.32. The minimum Gasteiger partial charge on any atom is -0.481 e. The molecule has 0 radical (unpaired) electrons. The second-order valence-electron chi connectivity index (χ2n) is 6.47. The number of hydrogen-bond acceptors (Lipinski definition) is 3. The van der Waals surface area contributed by atoms with Crippen molar-refractivity contribution in [2.45, 2.75) is 13.5 Å². The summed E-state index contributed by atoms with van der Waals surface area (Å²) in [6.07, 6.45) is 0. The molecule has 3 nitrogen and oxygen atoms in total. The van der Waals surface area contributed by atoms with E-state index in [-0.39, 0.29) is 17.8 Å². The maximum Gasteiger partial charge on any atom is 0.235 e. The van der Waals surface area contributed by atoms with Crippen LogP contribution in [0, 0.1) is 6.92 Å². The lowest BCUT2D eigenvalue weighted by Crippen LogP contribution is -2.10. The molecule has 0 saturated heterocycles. The maximum atomic E-state index is 13.2. The molecule has 0 spiro atoms. The van der Waals surface area contributed by atoms with Gasteiger partial charge in [0.25, 0.3) is 0 Å². The summed E-state index contributed by atoms with van der Waals surface area (Å²) in [4.78, 5) is 13.2. The van der Waals surface area contributed by atoms with Crippen molar-refractivity contribution in [3.8, 4) is 17.1 Å². The molecule has 0 aliphatic heterocycles. The summed E-state index contributed by atoms with van der Waals surface area (Å²) in [6, 6.07) is 20.1. The zero-order valence-electron chi connectivity index (χ0n) is 15.0. The first-order valence-corrected chi connectivity index (χ1v) is 9.48. The van der Waals surface area contributed by atoms with Crippen LogP contribution in [0.3, 0.4) is 0 Å². The SMILES string of the molecule is Cc1cc2oc(-c3ccc(Cl)cc3)c(OCc3ccccc3)c(=O)c2cc1Cl. The highest BCUT2D eigenvalue weighted by Gasteiger charge is 2.19. The molecule has 0 N–H and O–H groups in total. The van der Waals surface area contributed by atoms with E-state index in [1.54, 1.807) is 36.4 Å². The molecule has 0 atom stereocenters. The van der Waals surface area contributed by atoms with Crippen LogP contribution in [0.25, 0.3) is 22.3 Å². The standard InChI is InChI=1S/C23H16Cl2O3/c1-14-11-20-18(12-19(14)25)21(26)23(27-13-15-5-3-2-4-6-15)22(28-20)16-7-9-17(24)10-8-16/h2-12H,13H2,1H3. The fraction of sp³-hybridized carbons (Fsp3) is 0.0870. The summed E-state index contributed by atoms with van der Waals surface area (Å²) >= 11 is 12.2. The topological polar surface area (TPSA) is 39.4 Å². The van der Waals surface area contributed by atoms with E-state index in [0.717, 1.165) is 11.1 Å². The third-order valence-corrected chi connectivity index (χ3v) is 5.12. The van der Waals surface area contributed by atoms with Crippen LogP contribution in [0.1, 0.15) is 11.1 Å². The van der Waals surface area contributed by atoms with Gasteiger partial charge in [0.05, 0.1) is 5.39 Å². The highest BCUT2D eigenvalue weighted by Crippen LogP contribution is 2.33. The van der Waals surface area contributed by atoms with E-state index in [0.29, 0.717) is 32.3 Å². The molecule has 4 aromatic rings. The molecule has 4 rings (SSSR count). The molecule has 5 heteroatoms. The molecule has 3 aromatic carbocycles. The fourth-order valence-electron chi connectivity index (χ4n) is 2.95. The van der Waals surface area contributed by atoms with E-state index in [4.69, 9.17) is 32.4 Å². The van der Waals surface area contributed by atoms with Crippen LogP contribution in [0.15, 0.2) is 75.9 Å². The predicted molar refractivity (Wildman–Crippen MR) is 113 cm³/mol. The van der Waals surface area contributed by atoms with Gasteiger partial charge in [-0.3, -0.25) is 4.79 Å². The summed E-state index contributed by atoms with van der Waals surface area (Å²) in [7, 11) is 0. The van der Waals surface area contributed by atoms with Crippen LogP contribution in [-0.4, -0.2) is 0 Å². The molecule has 140 valence electrons. The Labute approximate surface area is 172 Å². The molecular formula is C23H16Cl2O3. The third kappa shape index (κ3) is 3.64. The quantitative estimate of drug-likeness (QED) is 0.377. The zero-order chi connectivity index (χ0) is 19.7. The van der Waals surface area contributed by atoms with Crippen molar-refractivity contribution < 1.29 is 9.15 Å². The van der Waals surface area contributed by atoms with Gasteiger partial charge < -0.3 is 9.15 Å². The molecular weight excluding hydrogens is 395 g/mol. The summed E-state index contributed by atoms with van der Waals surface area (Å²) in [6.45, 7) is 2.11. The second kappa shape index (κ2) is 7.70. The Hall–Kier alpha value is -2.75. The van der Waals surface area contributed by atoms with Gasteiger partial charge in [-0.25, -0.2) is 0 Å². The molecule has 1 heterocycles. The van der Waals surface area contributed by atoms with E-state index in [1.165, 1.54) is 0 Å². The van der Waals surface area contributed by atoms with Gasteiger partial charge in [0.2, 0.25) is 11.2 Å². The lowest BCUT2D eigenvalue weighted by Gasteiger charge is -2.12. The van der Waals surface area contributed by atoms with E-state index in [1.807, 2.05) is 37.3 Å². The van der Waals surface area contributed by atoms with Gasteiger partial charge in [0.1, 0.15) is 12.2 Å². The number of benzene rings is 3. The van der Waals surface area contributed by atoms with Crippen molar-refractivity contribution in [2.24, 2.45) is 0 Å². The van der Waals surface area contributed by atoms with Crippen LogP contribution in [0.2, 0.25) is 10.0 Å². The smallest absolute Gasteiger partial charge is 0.235 e. The van der Waals surface area contributed by atoms with E-state index in [9.17, 15) is 4.79 Å². The van der Waals surface area contributed by atoms with Crippen molar-refractivity contribution in [3.63, 3.8) is 0 Å². The predicted octanol–water partition coefficient (Wildman–Crippen LogP) is 6.65. The minimum absolute atomic E-state index is 0.151. The summed E-state index contributed by atoms with van der Waals surface area (Å²) in [5, 5.41) is 1.49. The Bertz CT molecular complexity index is 1200. The number of hydrogen-bond donors (Lipinski definition) is 0. The number of ether oxygens (including phenoxy) is 1. The van der Waals surface area contributed by atoms with Crippen LogP contribution in [0.5, 0.6) is 5.75 Å². The number of fused-ring (bicyclic) bond motifs is 1. The average Bonchev–Trinajstić information content (AvgIpc) is 2.70. The average molecular weight is 411 g/mol. The number of halogens is 2. The third-order valence-electron chi connectivity index (χ3n) is 4.46. The molecule has 1 aromatic heterocycles. The molecule has 0 aliphatic carbocycles. The monoisotopic (exact) mass is 410 g/mol. The Morgan fingerprint density at radius 3 is 2.39 bits per heavy atom. The number of aryl methyl sites for hydroxylation is 1. The lowest BCUT2D eigenvalue weighted by molar-refractivity contribution is 0.298. The van der Waals surface area contributed by atoms with Crippen molar-refractivity contribution in [2.75, 3.05) is 0 Å². The van der Waals surface area contributed by atoms with Crippen molar-refractivity contribution in [3.05, 3.63) is 98.1 Å². The van der Waals surface area contributed by atoms with Crippen molar-refractivity contribution >= 4 is 34.2 Å². The molecule has 0 aliphatic rings. The van der Waals surface area contributed by atoms with E-state index in [2.05, 4.69) is 0 Å². The van der Waals surface area contributed by atoms with Gasteiger partial charge in [0.15, 0.2) is 5.76 Å². The molecule has 0 fully saturated rings. The van der Waals surface area contributed by atoms with Crippen LogP contribution >= 0.6 is 23.2 Å². The summed E-state index contributed by atoms with van der Waals surface area (Å²) in [5.74, 6) is 0.519. The first kappa shape index (κ1) is 18.6.